The molecule has 0 bridgehead atoms. The van der Waals surface area contributed by atoms with E-state index in [0.29, 0.717) is 46.3 Å². The largest absolute Gasteiger partial charge is 0.490 e. The van der Waals surface area contributed by atoms with Crippen LogP contribution in [0.25, 0.3) is 11.0 Å². The lowest BCUT2D eigenvalue weighted by Gasteiger charge is -2.17. The Hall–Kier alpha value is -2.93. The Bertz CT molecular complexity index is 1090. The number of aromatic amines is 2. The zero-order valence-corrected chi connectivity index (χ0v) is 18.1. The van der Waals surface area contributed by atoms with E-state index in [-0.39, 0.29) is 17.6 Å². The van der Waals surface area contributed by atoms with Gasteiger partial charge in [-0.05, 0) is 50.1 Å². The van der Waals surface area contributed by atoms with Gasteiger partial charge in [-0.2, -0.15) is 0 Å². The molecule has 7 nitrogen and oxygen atoms in total. The number of ether oxygens (including phenoxy) is 2. The lowest BCUT2D eigenvalue weighted by atomic mass is 10.1. The minimum Gasteiger partial charge on any atom is -0.490 e. The van der Waals surface area contributed by atoms with Gasteiger partial charge in [0.25, 0.3) is 5.91 Å². The molecule has 0 saturated carbocycles. The molecule has 1 heterocycles. The van der Waals surface area contributed by atoms with Gasteiger partial charge in [0, 0.05) is 5.56 Å². The van der Waals surface area contributed by atoms with Gasteiger partial charge in [-0.1, -0.05) is 31.0 Å². The molecule has 3 N–H and O–H groups in total. The normalized spacial score (nSPS) is 12.0. The Morgan fingerprint density at radius 1 is 1.13 bits per heavy atom. The van der Waals surface area contributed by atoms with E-state index in [0.717, 1.165) is 18.4 Å². The van der Waals surface area contributed by atoms with E-state index in [9.17, 15) is 9.59 Å². The fourth-order valence-electron chi connectivity index (χ4n) is 3.10. The van der Waals surface area contributed by atoms with Gasteiger partial charge in [-0.25, -0.2) is 4.79 Å². The molecular weight excluding hydrogens is 406 g/mol. The molecule has 160 valence electrons. The monoisotopic (exact) mass is 431 g/mol. The maximum atomic E-state index is 12.8. The number of carbonyl (C=O) groups excluding carboxylic acids is 1. The van der Waals surface area contributed by atoms with Gasteiger partial charge < -0.3 is 24.8 Å². The van der Waals surface area contributed by atoms with E-state index in [1.54, 1.807) is 18.2 Å². The van der Waals surface area contributed by atoms with E-state index >= 15 is 0 Å². The predicted molar refractivity (Wildman–Crippen MR) is 118 cm³/mol. The second-order valence-corrected chi connectivity index (χ2v) is 7.41. The number of nitrogens with one attached hydrogen (secondary N) is 3. The second-order valence-electron chi connectivity index (χ2n) is 7.00. The Balaban J connectivity index is 1.79. The van der Waals surface area contributed by atoms with E-state index in [1.165, 1.54) is 0 Å². The molecule has 2 aromatic carbocycles. The van der Waals surface area contributed by atoms with Gasteiger partial charge in [0.05, 0.1) is 35.3 Å². The highest BCUT2D eigenvalue weighted by Crippen LogP contribution is 2.37. The number of aromatic nitrogens is 2. The van der Waals surface area contributed by atoms with Crippen LogP contribution in [-0.2, 0) is 0 Å². The molecule has 3 aromatic rings. The third kappa shape index (κ3) is 4.97. The van der Waals surface area contributed by atoms with Gasteiger partial charge in [0.1, 0.15) is 0 Å². The van der Waals surface area contributed by atoms with Crippen LogP contribution in [0.4, 0.5) is 0 Å². The van der Waals surface area contributed by atoms with Crippen molar-refractivity contribution in [3.05, 3.63) is 57.0 Å². The number of fused-ring (bicyclic) bond motifs is 1. The Labute approximate surface area is 179 Å². The van der Waals surface area contributed by atoms with E-state index in [2.05, 4.69) is 22.2 Å². The second kappa shape index (κ2) is 9.71. The van der Waals surface area contributed by atoms with Gasteiger partial charge in [0.15, 0.2) is 11.5 Å². The summed E-state index contributed by atoms with van der Waals surface area (Å²) in [6, 6.07) is 8.45. The number of rotatable bonds is 9. The summed E-state index contributed by atoms with van der Waals surface area (Å²) >= 11 is 6.39. The topological polar surface area (TPSA) is 96.2 Å². The van der Waals surface area contributed by atoms with Crippen molar-refractivity contribution in [3.8, 4) is 11.5 Å². The highest BCUT2D eigenvalue weighted by Gasteiger charge is 2.18. The summed E-state index contributed by atoms with van der Waals surface area (Å²) in [5.74, 6) is 0.622. The molecule has 0 fully saturated rings. The van der Waals surface area contributed by atoms with E-state index < -0.39 is 0 Å². The number of halogens is 1. The van der Waals surface area contributed by atoms with Crippen LogP contribution < -0.4 is 20.5 Å². The number of imidazole rings is 1. The molecular formula is C22H26ClN3O4. The summed E-state index contributed by atoms with van der Waals surface area (Å²) < 4.78 is 11.4. The van der Waals surface area contributed by atoms with Crippen molar-refractivity contribution in [3.63, 3.8) is 0 Å². The third-order valence-corrected chi connectivity index (χ3v) is 4.98. The van der Waals surface area contributed by atoms with Gasteiger partial charge in [0.2, 0.25) is 0 Å². The molecule has 0 aliphatic carbocycles. The fourth-order valence-corrected chi connectivity index (χ4v) is 3.37. The number of unbranched alkanes of at least 4 members (excludes halogenated alkanes) is 1. The molecule has 1 amide bonds. The van der Waals surface area contributed by atoms with Crippen LogP contribution >= 0.6 is 11.6 Å². The number of amides is 1. The van der Waals surface area contributed by atoms with Crippen molar-refractivity contribution in [1.29, 1.82) is 0 Å². The van der Waals surface area contributed by atoms with Gasteiger partial charge in [-0.3, -0.25) is 4.79 Å². The van der Waals surface area contributed by atoms with Gasteiger partial charge >= 0.3 is 5.69 Å². The third-order valence-electron chi connectivity index (χ3n) is 4.70. The minimum atomic E-state index is -0.284. The fraction of sp³-hybridized carbons (Fsp3) is 0.364. The molecule has 0 aliphatic rings. The summed E-state index contributed by atoms with van der Waals surface area (Å²) in [5.41, 5.74) is 2.39. The zero-order chi connectivity index (χ0) is 21.7. The van der Waals surface area contributed by atoms with Crippen LogP contribution in [0.1, 0.15) is 55.6 Å². The quantitative estimate of drug-likeness (QED) is 0.432. The molecule has 1 unspecified atom stereocenters. The average molecular weight is 432 g/mol. The maximum absolute atomic E-state index is 12.8. The first-order chi connectivity index (χ1) is 14.4. The Morgan fingerprint density at radius 3 is 2.63 bits per heavy atom. The van der Waals surface area contributed by atoms with Crippen molar-refractivity contribution in [2.24, 2.45) is 0 Å². The van der Waals surface area contributed by atoms with Crippen molar-refractivity contribution in [2.45, 2.75) is 39.7 Å². The zero-order valence-electron chi connectivity index (χ0n) is 17.3. The summed E-state index contributed by atoms with van der Waals surface area (Å²) in [4.78, 5) is 29.7. The first kappa shape index (κ1) is 21.8. The summed E-state index contributed by atoms with van der Waals surface area (Å²) in [6.07, 6.45) is 1.90. The number of hydrogen-bond donors (Lipinski definition) is 3. The van der Waals surface area contributed by atoms with Crippen LogP contribution in [0.2, 0.25) is 5.02 Å². The molecule has 30 heavy (non-hydrogen) atoms. The molecule has 8 heteroatoms. The number of carbonyl (C=O) groups is 1. The van der Waals surface area contributed by atoms with Crippen molar-refractivity contribution >= 4 is 28.5 Å². The highest BCUT2D eigenvalue weighted by molar-refractivity contribution is 6.32. The molecule has 1 aromatic heterocycles. The molecule has 1 atom stereocenters. The van der Waals surface area contributed by atoms with Crippen LogP contribution in [0.5, 0.6) is 11.5 Å². The van der Waals surface area contributed by atoms with Crippen LogP contribution in [0.3, 0.4) is 0 Å². The van der Waals surface area contributed by atoms with Crippen molar-refractivity contribution < 1.29 is 14.3 Å². The molecule has 0 spiro atoms. The highest BCUT2D eigenvalue weighted by atomic mass is 35.5. The van der Waals surface area contributed by atoms with E-state index in [1.807, 2.05) is 26.0 Å². The Morgan fingerprint density at radius 2 is 1.90 bits per heavy atom. The predicted octanol–water partition coefficient (Wildman–Crippen LogP) is 4.58. The van der Waals surface area contributed by atoms with E-state index in [4.69, 9.17) is 21.1 Å². The first-order valence-corrected chi connectivity index (χ1v) is 10.4. The summed E-state index contributed by atoms with van der Waals surface area (Å²) in [6.45, 7) is 6.77. The maximum Gasteiger partial charge on any atom is 0.323 e. The number of H-pyrrole nitrogens is 2. The molecule has 0 saturated heterocycles. The minimum absolute atomic E-state index is 0.266. The smallest absolute Gasteiger partial charge is 0.323 e. The summed E-state index contributed by atoms with van der Waals surface area (Å²) in [7, 11) is 0. The van der Waals surface area contributed by atoms with Crippen LogP contribution in [0, 0.1) is 0 Å². The first-order valence-electron chi connectivity index (χ1n) is 10.0. The summed E-state index contributed by atoms with van der Waals surface area (Å²) in [5, 5.41) is 3.29. The Kier molecular flexibility index (Phi) is 7.05. The molecule has 0 aliphatic heterocycles. The van der Waals surface area contributed by atoms with Crippen LogP contribution in [-0.4, -0.2) is 29.1 Å². The lowest BCUT2D eigenvalue weighted by molar-refractivity contribution is 0.0939. The SMILES string of the molecule is CCCCOc1c(Cl)cc(C(=O)NC(C)c2ccc3[nH]c(=O)[nH]c3c2)cc1OCC. The standard InChI is InChI=1S/C22H26ClN3O4/c1-4-6-9-30-20-16(23)10-15(12-19(20)29-5-2)21(27)24-13(3)14-7-8-17-18(11-14)26-22(28)25-17/h7-8,10-13H,4-6,9H2,1-3H3,(H,24,27)(H2,25,26,28). The number of benzene rings is 2. The molecule has 0 radical (unpaired) electrons. The average Bonchev–Trinajstić information content (AvgIpc) is 3.09. The molecule has 3 rings (SSSR count). The number of hydrogen-bond acceptors (Lipinski definition) is 4. The van der Waals surface area contributed by atoms with Gasteiger partial charge in [-0.15, -0.1) is 0 Å². The lowest BCUT2D eigenvalue weighted by Crippen LogP contribution is -2.26. The van der Waals surface area contributed by atoms with Crippen LogP contribution in [0.15, 0.2) is 35.1 Å². The van der Waals surface area contributed by atoms with Crippen molar-refractivity contribution in [2.75, 3.05) is 13.2 Å². The van der Waals surface area contributed by atoms with Crippen molar-refractivity contribution in [1.82, 2.24) is 15.3 Å².